The third kappa shape index (κ3) is 4.72. The van der Waals surface area contributed by atoms with Gasteiger partial charge in [-0.05, 0) is 57.6 Å². The van der Waals surface area contributed by atoms with Crippen LogP contribution in [0.3, 0.4) is 0 Å². The first-order valence-corrected chi connectivity index (χ1v) is 7.53. The predicted molar refractivity (Wildman–Crippen MR) is 85.2 cm³/mol. The van der Waals surface area contributed by atoms with Crippen LogP contribution in [0.25, 0.3) is 0 Å². The molecule has 0 bridgehead atoms. The molecule has 1 heterocycles. The van der Waals surface area contributed by atoms with E-state index in [0.29, 0.717) is 24.3 Å². The lowest BCUT2D eigenvalue weighted by molar-refractivity contribution is -0.116. The van der Waals surface area contributed by atoms with Crippen molar-refractivity contribution < 1.29 is 9.53 Å². The number of nitrogens with one attached hydrogen (secondary N) is 1. The van der Waals surface area contributed by atoms with Crippen molar-refractivity contribution in [2.45, 2.75) is 38.3 Å². The number of anilines is 2. The van der Waals surface area contributed by atoms with Crippen LogP contribution < -0.4 is 11.1 Å². The van der Waals surface area contributed by atoms with Gasteiger partial charge >= 0.3 is 0 Å². The van der Waals surface area contributed by atoms with Crippen molar-refractivity contribution in [3.05, 3.63) is 24.3 Å². The molecule has 1 aromatic rings. The minimum absolute atomic E-state index is 0.0453. The van der Waals surface area contributed by atoms with Crippen LogP contribution in [0.1, 0.15) is 26.2 Å². The van der Waals surface area contributed by atoms with Gasteiger partial charge in [-0.25, -0.2) is 0 Å². The number of hydrogen-bond acceptors (Lipinski definition) is 4. The average molecular weight is 291 g/mol. The van der Waals surface area contributed by atoms with Crippen molar-refractivity contribution in [2.75, 3.05) is 31.2 Å². The van der Waals surface area contributed by atoms with Crippen molar-refractivity contribution in [2.24, 2.45) is 0 Å². The Morgan fingerprint density at radius 1 is 1.43 bits per heavy atom. The Bertz CT molecular complexity index is 461. The average Bonchev–Trinajstić information content (AvgIpc) is 2.87. The van der Waals surface area contributed by atoms with Gasteiger partial charge in [0.2, 0.25) is 5.91 Å². The molecule has 1 aromatic carbocycles. The first-order chi connectivity index (χ1) is 10.1. The zero-order valence-electron chi connectivity index (χ0n) is 12.8. The first kappa shape index (κ1) is 15.8. The van der Waals surface area contributed by atoms with Crippen molar-refractivity contribution in [1.29, 1.82) is 0 Å². The Morgan fingerprint density at radius 2 is 2.14 bits per heavy atom. The number of likely N-dealkylation sites (N-methyl/N-ethyl adjacent to an activating group) is 1. The second kappa shape index (κ2) is 7.43. The summed E-state index contributed by atoms with van der Waals surface area (Å²) < 4.78 is 5.57. The summed E-state index contributed by atoms with van der Waals surface area (Å²) in [6.07, 6.45) is 2.74. The molecule has 1 amide bonds. The summed E-state index contributed by atoms with van der Waals surface area (Å²) in [4.78, 5) is 14.2. The SMILES string of the molecule is CC1OCCC1N(C)CCCC(=O)Nc1ccc(N)cc1. The van der Waals surface area contributed by atoms with Gasteiger partial charge in [0.1, 0.15) is 0 Å². The van der Waals surface area contributed by atoms with Crippen molar-refractivity contribution in [3.8, 4) is 0 Å². The maximum absolute atomic E-state index is 11.9. The third-order valence-corrected chi connectivity index (χ3v) is 4.01. The van der Waals surface area contributed by atoms with E-state index >= 15 is 0 Å². The van der Waals surface area contributed by atoms with E-state index in [0.717, 1.165) is 31.7 Å². The van der Waals surface area contributed by atoms with Crippen LogP contribution in [0.2, 0.25) is 0 Å². The van der Waals surface area contributed by atoms with Crippen molar-refractivity contribution in [3.63, 3.8) is 0 Å². The lowest BCUT2D eigenvalue weighted by Crippen LogP contribution is -2.37. The van der Waals surface area contributed by atoms with Gasteiger partial charge in [0, 0.05) is 30.4 Å². The molecule has 2 unspecified atom stereocenters. The molecule has 2 rings (SSSR count). The Morgan fingerprint density at radius 3 is 2.76 bits per heavy atom. The fraction of sp³-hybridized carbons (Fsp3) is 0.562. The molecule has 0 aromatic heterocycles. The normalized spacial score (nSPS) is 21.7. The monoisotopic (exact) mass is 291 g/mol. The lowest BCUT2D eigenvalue weighted by Gasteiger charge is -2.26. The number of carbonyl (C=O) groups excluding carboxylic acids is 1. The Kier molecular flexibility index (Phi) is 5.59. The standard InChI is InChI=1S/C16H25N3O2/c1-12-15(9-11-21-12)19(2)10-3-4-16(20)18-14-7-5-13(17)6-8-14/h5-8,12,15H,3-4,9-11,17H2,1-2H3,(H,18,20). The van der Waals surface area contributed by atoms with Crippen LogP contribution >= 0.6 is 0 Å². The van der Waals surface area contributed by atoms with E-state index in [4.69, 9.17) is 10.5 Å². The van der Waals surface area contributed by atoms with Gasteiger partial charge in [-0.1, -0.05) is 0 Å². The molecule has 0 spiro atoms. The van der Waals surface area contributed by atoms with E-state index in [2.05, 4.69) is 24.2 Å². The zero-order chi connectivity index (χ0) is 15.2. The minimum atomic E-state index is 0.0453. The highest BCUT2D eigenvalue weighted by atomic mass is 16.5. The van der Waals surface area contributed by atoms with E-state index in [1.807, 2.05) is 12.1 Å². The number of carbonyl (C=O) groups is 1. The van der Waals surface area contributed by atoms with Gasteiger partial charge in [0.05, 0.1) is 6.10 Å². The van der Waals surface area contributed by atoms with Crippen LogP contribution in [0.4, 0.5) is 11.4 Å². The maximum Gasteiger partial charge on any atom is 0.224 e. The Hall–Kier alpha value is -1.59. The number of nitrogens with zero attached hydrogens (tertiary/aromatic N) is 1. The fourth-order valence-electron chi connectivity index (χ4n) is 2.74. The van der Waals surface area contributed by atoms with Gasteiger partial charge in [0.25, 0.3) is 0 Å². The smallest absolute Gasteiger partial charge is 0.224 e. The molecule has 1 aliphatic heterocycles. The summed E-state index contributed by atoms with van der Waals surface area (Å²) in [6.45, 7) is 3.86. The zero-order valence-corrected chi connectivity index (χ0v) is 12.8. The molecule has 21 heavy (non-hydrogen) atoms. The van der Waals surface area contributed by atoms with Crippen LogP contribution in [0, 0.1) is 0 Å². The maximum atomic E-state index is 11.9. The van der Waals surface area contributed by atoms with Crippen LogP contribution in [-0.4, -0.2) is 43.2 Å². The highest BCUT2D eigenvalue weighted by Gasteiger charge is 2.27. The first-order valence-electron chi connectivity index (χ1n) is 7.53. The molecule has 3 N–H and O–H groups in total. The second-order valence-corrected chi connectivity index (χ2v) is 5.69. The summed E-state index contributed by atoms with van der Waals surface area (Å²) in [5.41, 5.74) is 7.10. The van der Waals surface area contributed by atoms with E-state index in [1.165, 1.54) is 0 Å². The highest BCUT2D eigenvalue weighted by Crippen LogP contribution is 2.18. The summed E-state index contributed by atoms with van der Waals surface area (Å²) in [5.74, 6) is 0.0453. The Labute approximate surface area is 126 Å². The molecule has 116 valence electrons. The Balaban J connectivity index is 1.68. The predicted octanol–water partition coefficient (Wildman–Crippen LogP) is 2.10. The van der Waals surface area contributed by atoms with E-state index in [-0.39, 0.29) is 5.91 Å². The van der Waals surface area contributed by atoms with Crippen LogP contribution in [0.15, 0.2) is 24.3 Å². The van der Waals surface area contributed by atoms with Gasteiger partial charge in [0.15, 0.2) is 0 Å². The molecular formula is C16H25N3O2. The molecular weight excluding hydrogens is 266 g/mol. The molecule has 5 heteroatoms. The summed E-state index contributed by atoms with van der Waals surface area (Å²) in [7, 11) is 2.10. The number of nitrogens with two attached hydrogens (primary N) is 1. The second-order valence-electron chi connectivity index (χ2n) is 5.69. The van der Waals surface area contributed by atoms with Gasteiger partial charge in [-0.2, -0.15) is 0 Å². The molecule has 1 aliphatic rings. The largest absolute Gasteiger partial charge is 0.399 e. The third-order valence-electron chi connectivity index (χ3n) is 4.01. The van der Waals surface area contributed by atoms with Crippen LogP contribution in [0.5, 0.6) is 0 Å². The van der Waals surface area contributed by atoms with Gasteiger partial charge < -0.3 is 20.7 Å². The fourth-order valence-corrected chi connectivity index (χ4v) is 2.74. The quantitative estimate of drug-likeness (QED) is 0.788. The summed E-state index contributed by atoms with van der Waals surface area (Å²) in [6, 6.07) is 7.67. The van der Waals surface area contributed by atoms with E-state index in [1.54, 1.807) is 12.1 Å². The molecule has 0 radical (unpaired) electrons. The lowest BCUT2D eigenvalue weighted by atomic mass is 10.1. The number of nitrogen functional groups attached to an aromatic ring is 1. The van der Waals surface area contributed by atoms with Crippen molar-refractivity contribution in [1.82, 2.24) is 4.90 Å². The van der Waals surface area contributed by atoms with Crippen molar-refractivity contribution >= 4 is 17.3 Å². The number of benzene rings is 1. The minimum Gasteiger partial charge on any atom is -0.399 e. The number of amides is 1. The van der Waals surface area contributed by atoms with Gasteiger partial charge in [-0.15, -0.1) is 0 Å². The number of rotatable bonds is 6. The van der Waals surface area contributed by atoms with E-state index in [9.17, 15) is 4.79 Å². The number of hydrogen-bond donors (Lipinski definition) is 2. The molecule has 2 atom stereocenters. The molecule has 0 saturated carbocycles. The topological polar surface area (TPSA) is 67.6 Å². The number of ether oxygens (including phenoxy) is 1. The molecule has 1 fully saturated rings. The van der Waals surface area contributed by atoms with E-state index < -0.39 is 0 Å². The van der Waals surface area contributed by atoms with Crippen LogP contribution in [-0.2, 0) is 9.53 Å². The highest BCUT2D eigenvalue weighted by molar-refractivity contribution is 5.90. The van der Waals surface area contributed by atoms with Gasteiger partial charge in [-0.3, -0.25) is 4.79 Å². The molecule has 1 saturated heterocycles. The summed E-state index contributed by atoms with van der Waals surface area (Å²) in [5, 5.41) is 2.88. The molecule has 0 aliphatic carbocycles. The molecule has 5 nitrogen and oxygen atoms in total. The summed E-state index contributed by atoms with van der Waals surface area (Å²) >= 11 is 0.